The molecule has 0 saturated carbocycles. The molecule has 14 heavy (non-hydrogen) atoms. The van der Waals surface area contributed by atoms with E-state index in [9.17, 15) is 0 Å². The standard InChI is InChI=1S/C13H20I/c1-9(2)11-7-6-8-12(10(3)4)13(11)14-5/h6-10H,1-5H3/q-1. The molecule has 0 unspecified atom stereocenters. The SMILES string of the molecule is C[I-]c1c(C(C)C)cccc1C(C)C. The summed E-state index contributed by atoms with van der Waals surface area (Å²) < 4.78 is 1.68. The molecular weight excluding hydrogens is 283 g/mol. The zero-order valence-corrected chi connectivity index (χ0v) is 11.9. The van der Waals surface area contributed by atoms with E-state index in [4.69, 9.17) is 0 Å². The van der Waals surface area contributed by atoms with E-state index in [1.54, 1.807) is 14.7 Å². The van der Waals surface area contributed by atoms with E-state index in [1.807, 2.05) is 0 Å². The number of alkyl halides is 1. The van der Waals surface area contributed by atoms with Gasteiger partial charge in [-0.2, -0.15) is 0 Å². The van der Waals surface area contributed by atoms with Crippen molar-refractivity contribution in [2.45, 2.75) is 39.5 Å². The number of hydrogen-bond acceptors (Lipinski definition) is 0. The molecule has 1 heteroatoms. The molecule has 0 atom stereocenters. The molecule has 0 aromatic heterocycles. The van der Waals surface area contributed by atoms with Crippen LogP contribution in [-0.4, -0.2) is 4.93 Å². The van der Waals surface area contributed by atoms with Crippen molar-refractivity contribution in [3.63, 3.8) is 0 Å². The molecule has 1 rings (SSSR count). The average Bonchev–Trinajstić information content (AvgIpc) is 2.16. The van der Waals surface area contributed by atoms with Crippen molar-refractivity contribution in [3.05, 3.63) is 32.9 Å². The van der Waals surface area contributed by atoms with Gasteiger partial charge in [-0.25, -0.2) is 0 Å². The molecule has 0 heterocycles. The van der Waals surface area contributed by atoms with Crippen molar-refractivity contribution in [2.24, 2.45) is 0 Å². The van der Waals surface area contributed by atoms with Gasteiger partial charge in [-0.15, -0.1) is 0 Å². The summed E-state index contributed by atoms with van der Waals surface area (Å²) in [4.78, 5) is 2.37. The topological polar surface area (TPSA) is 0 Å². The van der Waals surface area contributed by atoms with Crippen LogP contribution >= 0.6 is 0 Å². The number of hydrogen-bond donors (Lipinski definition) is 0. The normalized spacial score (nSPS) is 11.6. The summed E-state index contributed by atoms with van der Waals surface area (Å²) >= 11 is 0.199. The van der Waals surface area contributed by atoms with Crippen molar-refractivity contribution in [1.29, 1.82) is 0 Å². The summed E-state index contributed by atoms with van der Waals surface area (Å²) in [6, 6.07) is 6.82. The molecule has 0 bridgehead atoms. The van der Waals surface area contributed by atoms with Gasteiger partial charge in [-0.05, 0) is 0 Å². The van der Waals surface area contributed by atoms with E-state index in [-0.39, 0.29) is 21.2 Å². The molecule has 0 amide bonds. The third-order valence-corrected chi connectivity index (χ3v) is 4.82. The molecule has 0 spiro atoms. The van der Waals surface area contributed by atoms with Crippen LogP contribution in [0.3, 0.4) is 0 Å². The minimum absolute atomic E-state index is 0.199. The Labute approximate surface area is 98.4 Å². The average molecular weight is 303 g/mol. The fraction of sp³-hybridized carbons (Fsp3) is 0.538. The predicted molar refractivity (Wildman–Crippen MR) is 59.2 cm³/mol. The van der Waals surface area contributed by atoms with Crippen LogP contribution in [0.1, 0.15) is 50.7 Å². The van der Waals surface area contributed by atoms with Crippen molar-refractivity contribution >= 4 is 0 Å². The van der Waals surface area contributed by atoms with E-state index in [1.165, 1.54) is 0 Å². The molecule has 0 aliphatic carbocycles. The molecule has 0 saturated heterocycles. The Hall–Kier alpha value is -0.0500. The van der Waals surface area contributed by atoms with Crippen LogP contribution in [0, 0.1) is 3.57 Å². The Morgan fingerprint density at radius 3 is 1.64 bits per heavy atom. The molecule has 0 aliphatic rings. The molecular formula is C13H20I-. The zero-order chi connectivity index (χ0) is 10.7. The molecule has 0 N–H and O–H groups in total. The minimum atomic E-state index is 0.199. The number of halogens is 1. The second-order valence-corrected chi connectivity index (χ2v) is 6.41. The van der Waals surface area contributed by atoms with Gasteiger partial charge in [0.05, 0.1) is 0 Å². The molecule has 1 aromatic carbocycles. The first kappa shape index (κ1) is 12.0. The van der Waals surface area contributed by atoms with E-state index >= 15 is 0 Å². The molecule has 0 aliphatic heterocycles. The second kappa shape index (κ2) is 5.15. The Kier molecular flexibility index (Phi) is 4.42. The maximum atomic E-state index is 2.37. The van der Waals surface area contributed by atoms with Gasteiger partial charge in [0.2, 0.25) is 0 Å². The summed E-state index contributed by atoms with van der Waals surface area (Å²) in [6.07, 6.45) is 0. The summed E-state index contributed by atoms with van der Waals surface area (Å²) in [5.74, 6) is 1.34. The van der Waals surface area contributed by atoms with Crippen LogP contribution in [0.2, 0.25) is 0 Å². The molecule has 1 aromatic rings. The zero-order valence-electron chi connectivity index (χ0n) is 9.76. The summed E-state index contributed by atoms with van der Waals surface area (Å²) in [5, 5.41) is 0. The van der Waals surface area contributed by atoms with Gasteiger partial charge in [0, 0.05) is 0 Å². The van der Waals surface area contributed by atoms with Gasteiger partial charge in [-0.3, -0.25) is 0 Å². The van der Waals surface area contributed by atoms with Crippen molar-refractivity contribution < 1.29 is 21.2 Å². The third kappa shape index (κ3) is 2.50. The van der Waals surface area contributed by atoms with Crippen LogP contribution in [0.15, 0.2) is 18.2 Å². The fourth-order valence-electron chi connectivity index (χ4n) is 1.68. The van der Waals surface area contributed by atoms with Crippen molar-refractivity contribution in [3.8, 4) is 0 Å². The molecule has 0 radical (unpaired) electrons. The number of rotatable bonds is 3. The Morgan fingerprint density at radius 2 is 1.36 bits per heavy atom. The summed E-state index contributed by atoms with van der Waals surface area (Å²) in [6.45, 7) is 9.18. The van der Waals surface area contributed by atoms with Gasteiger partial charge >= 0.3 is 98.6 Å². The van der Waals surface area contributed by atoms with Gasteiger partial charge in [-0.1, -0.05) is 0 Å². The summed E-state index contributed by atoms with van der Waals surface area (Å²) in [7, 11) is 0. The first-order valence-electron chi connectivity index (χ1n) is 5.20. The molecule has 0 fully saturated rings. The van der Waals surface area contributed by atoms with Gasteiger partial charge < -0.3 is 0 Å². The molecule has 0 nitrogen and oxygen atoms in total. The first-order valence-corrected chi connectivity index (χ1v) is 8.43. The Bertz CT molecular complexity index is 274. The van der Waals surface area contributed by atoms with Crippen LogP contribution < -0.4 is 21.2 Å². The van der Waals surface area contributed by atoms with Crippen molar-refractivity contribution in [1.82, 2.24) is 0 Å². The first-order chi connectivity index (χ1) is 6.57. The van der Waals surface area contributed by atoms with Crippen LogP contribution in [-0.2, 0) is 0 Å². The second-order valence-electron chi connectivity index (χ2n) is 4.25. The third-order valence-electron chi connectivity index (χ3n) is 2.49. The van der Waals surface area contributed by atoms with Gasteiger partial charge in [0.25, 0.3) is 0 Å². The Morgan fingerprint density at radius 1 is 0.929 bits per heavy atom. The quantitative estimate of drug-likeness (QED) is 0.573. The van der Waals surface area contributed by atoms with Crippen LogP contribution in [0.25, 0.3) is 0 Å². The molecule has 80 valence electrons. The van der Waals surface area contributed by atoms with E-state index < -0.39 is 0 Å². The fourth-order valence-corrected chi connectivity index (χ4v) is 4.53. The predicted octanol–water partition coefficient (Wildman–Crippen LogP) is 0.822. The van der Waals surface area contributed by atoms with Gasteiger partial charge in [0.15, 0.2) is 0 Å². The maximum absolute atomic E-state index is 2.37. The van der Waals surface area contributed by atoms with E-state index in [2.05, 4.69) is 50.8 Å². The monoisotopic (exact) mass is 303 g/mol. The number of benzene rings is 1. The van der Waals surface area contributed by atoms with E-state index in [0.717, 1.165) is 0 Å². The van der Waals surface area contributed by atoms with Crippen LogP contribution in [0.4, 0.5) is 0 Å². The van der Waals surface area contributed by atoms with E-state index in [0.29, 0.717) is 11.8 Å². The van der Waals surface area contributed by atoms with Crippen molar-refractivity contribution in [2.75, 3.05) is 4.93 Å². The summed E-state index contributed by atoms with van der Waals surface area (Å²) in [5.41, 5.74) is 3.15. The van der Waals surface area contributed by atoms with Gasteiger partial charge in [0.1, 0.15) is 0 Å². The Balaban J connectivity index is 3.25. The van der Waals surface area contributed by atoms with Crippen LogP contribution in [0.5, 0.6) is 0 Å².